The van der Waals surface area contributed by atoms with Crippen LogP contribution in [0.1, 0.15) is 17.3 Å². The summed E-state index contributed by atoms with van der Waals surface area (Å²) in [7, 11) is 1.49. The fourth-order valence-corrected chi connectivity index (χ4v) is 3.30. The number of methoxy groups -OCH3 is 1. The number of benzene rings is 4. The van der Waals surface area contributed by atoms with Crippen molar-refractivity contribution in [3.05, 3.63) is 96.6 Å². The summed E-state index contributed by atoms with van der Waals surface area (Å²) < 4.78 is 16.5. The molecule has 1 amide bonds. The van der Waals surface area contributed by atoms with Gasteiger partial charge in [-0.25, -0.2) is 4.79 Å². The van der Waals surface area contributed by atoms with Crippen molar-refractivity contribution in [2.24, 2.45) is 0 Å². The van der Waals surface area contributed by atoms with E-state index in [1.165, 1.54) is 14.0 Å². The van der Waals surface area contributed by atoms with Crippen LogP contribution in [0.15, 0.2) is 91.0 Å². The maximum atomic E-state index is 12.8. The van der Waals surface area contributed by atoms with Crippen molar-refractivity contribution in [3.8, 4) is 17.2 Å². The molecule has 1 N–H and O–H groups in total. The molecule has 4 aromatic rings. The number of nitrogens with one attached hydrogen (secondary N) is 1. The number of anilines is 1. The second-order valence-corrected chi connectivity index (χ2v) is 7.38. The molecule has 33 heavy (non-hydrogen) atoms. The number of hydrogen-bond acceptors (Lipinski definition) is 5. The maximum Gasteiger partial charge on any atom is 0.342 e. The minimum absolute atomic E-state index is 0.262. The number of carbonyl (C=O) groups is 2. The zero-order chi connectivity index (χ0) is 23.2. The van der Waals surface area contributed by atoms with E-state index in [0.29, 0.717) is 17.2 Å². The van der Waals surface area contributed by atoms with Gasteiger partial charge in [-0.05, 0) is 66.2 Å². The van der Waals surface area contributed by atoms with Crippen molar-refractivity contribution in [1.29, 1.82) is 0 Å². The molecule has 0 aliphatic carbocycles. The molecule has 6 nitrogen and oxygen atoms in total. The quantitative estimate of drug-likeness (QED) is 0.366. The third-order valence-corrected chi connectivity index (χ3v) is 5.04. The molecule has 0 saturated carbocycles. The molecule has 166 valence electrons. The first-order valence-electron chi connectivity index (χ1n) is 10.4. The summed E-state index contributed by atoms with van der Waals surface area (Å²) in [6, 6.07) is 27.4. The van der Waals surface area contributed by atoms with Gasteiger partial charge < -0.3 is 19.5 Å². The average Bonchev–Trinajstić information content (AvgIpc) is 2.84. The van der Waals surface area contributed by atoms with Gasteiger partial charge in [0.25, 0.3) is 5.91 Å². The molecule has 1 atom stereocenters. The molecule has 0 fully saturated rings. The largest absolute Gasteiger partial charge is 0.496 e. The Bertz CT molecular complexity index is 1270. The molecule has 0 bridgehead atoms. The Balaban J connectivity index is 1.39. The van der Waals surface area contributed by atoms with E-state index < -0.39 is 18.0 Å². The zero-order valence-corrected chi connectivity index (χ0v) is 18.3. The molecule has 0 unspecified atom stereocenters. The normalized spacial score (nSPS) is 11.5. The third-order valence-electron chi connectivity index (χ3n) is 5.04. The Morgan fingerprint density at radius 1 is 0.788 bits per heavy atom. The van der Waals surface area contributed by atoms with Crippen molar-refractivity contribution in [2.75, 3.05) is 12.4 Å². The average molecular weight is 441 g/mol. The lowest BCUT2D eigenvalue weighted by Crippen LogP contribution is -2.30. The molecule has 4 rings (SSSR count). The van der Waals surface area contributed by atoms with E-state index in [2.05, 4.69) is 5.32 Å². The van der Waals surface area contributed by atoms with Crippen molar-refractivity contribution >= 4 is 28.3 Å². The van der Waals surface area contributed by atoms with E-state index in [9.17, 15) is 9.59 Å². The van der Waals surface area contributed by atoms with Crippen LogP contribution < -0.4 is 14.8 Å². The summed E-state index contributed by atoms with van der Waals surface area (Å²) in [6.45, 7) is 1.52. The van der Waals surface area contributed by atoms with Crippen LogP contribution in [-0.2, 0) is 9.53 Å². The van der Waals surface area contributed by atoms with E-state index in [1.54, 1.807) is 36.4 Å². The summed E-state index contributed by atoms with van der Waals surface area (Å²) in [5.74, 6) is 0.674. The maximum absolute atomic E-state index is 12.8. The summed E-state index contributed by atoms with van der Waals surface area (Å²) >= 11 is 0. The predicted molar refractivity (Wildman–Crippen MR) is 127 cm³/mol. The molecule has 0 aromatic heterocycles. The number of ether oxygens (including phenoxy) is 3. The fourth-order valence-electron chi connectivity index (χ4n) is 3.30. The monoisotopic (exact) mass is 441 g/mol. The lowest BCUT2D eigenvalue weighted by molar-refractivity contribution is -0.123. The summed E-state index contributed by atoms with van der Waals surface area (Å²) in [6.07, 6.45) is -1.01. The van der Waals surface area contributed by atoms with E-state index in [4.69, 9.17) is 14.2 Å². The van der Waals surface area contributed by atoms with Crippen molar-refractivity contribution in [3.63, 3.8) is 0 Å². The van der Waals surface area contributed by atoms with Gasteiger partial charge in [-0.1, -0.05) is 42.5 Å². The molecular weight excluding hydrogens is 418 g/mol. The highest BCUT2D eigenvalue weighted by molar-refractivity contribution is 6.01. The lowest BCUT2D eigenvalue weighted by atomic mass is 10.1. The Labute approximate surface area is 191 Å². The number of esters is 1. The van der Waals surface area contributed by atoms with E-state index in [1.807, 2.05) is 54.6 Å². The van der Waals surface area contributed by atoms with Crippen LogP contribution in [0, 0.1) is 0 Å². The molecular formula is C27H23NO5. The Kier molecular flexibility index (Phi) is 6.55. The summed E-state index contributed by atoms with van der Waals surface area (Å²) in [5, 5.41) is 4.56. The smallest absolute Gasteiger partial charge is 0.342 e. The van der Waals surface area contributed by atoms with Crippen LogP contribution in [-0.4, -0.2) is 25.1 Å². The van der Waals surface area contributed by atoms with Gasteiger partial charge in [0, 0.05) is 5.69 Å². The summed E-state index contributed by atoms with van der Waals surface area (Å²) in [4.78, 5) is 25.3. The van der Waals surface area contributed by atoms with Crippen LogP contribution in [0.3, 0.4) is 0 Å². The molecule has 4 aromatic carbocycles. The Morgan fingerprint density at radius 2 is 1.39 bits per heavy atom. The van der Waals surface area contributed by atoms with Crippen LogP contribution in [0.4, 0.5) is 5.69 Å². The van der Waals surface area contributed by atoms with E-state index >= 15 is 0 Å². The second-order valence-electron chi connectivity index (χ2n) is 7.38. The van der Waals surface area contributed by atoms with Gasteiger partial charge in [0.2, 0.25) is 0 Å². The fraction of sp³-hybridized carbons (Fsp3) is 0.111. The number of para-hydroxylation sites is 1. The third kappa shape index (κ3) is 5.30. The molecule has 0 saturated heterocycles. The van der Waals surface area contributed by atoms with Gasteiger partial charge in [0.15, 0.2) is 6.10 Å². The first kappa shape index (κ1) is 21.9. The molecule has 0 aliphatic rings. The molecule has 6 heteroatoms. The van der Waals surface area contributed by atoms with Crippen LogP contribution in [0.2, 0.25) is 0 Å². The van der Waals surface area contributed by atoms with Crippen molar-refractivity contribution in [2.45, 2.75) is 13.0 Å². The predicted octanol–water partition coefficient (Wildman–Crippen LogP) is 5.82. The summed E-state index contributed by atoms with van der Waals surface area (Å²) in [5.41, 5.74) is 0.824. The van der Waals surface area contributed by atoms with E-state index in [0.717, 1.165) is 16.5 Å². The zero-order valence-electron chi connectivity index (χ0n) is 18.3. The number of fused-ring (bicyclic) bond motifs is 1. The van der Waals surface area contributed by atoms with Gasteiger partial charge >= 0.3 is 5.97 Å². The van der Waals surface area contributed by atoms with E-state index in [-0.39, 0.29) is 5.56 Å². The molecule has 0 spiro atoms. The van der Waals surface area contributed by atoms with Gasteiger partial charge in [0.05, 0.1) is 7.11 Å². The topological polar surface area (TPSA) is 73.9 Å². The first-order valence-corrected chi connectivity index (χ1v) is 10.4. The Morgan fingerprint density at radius 3 is 2.06 bits per heavy atom. The lowest BCUT2D eigenvalue weighted by Gasteiger charge is -2.15. The van der Waals surface area contributed by atoms with Crippen molar-refractivity contribution < 1.29 is 23.8 Å². The highest BCUT2D eigenvalue weighted by atomic mass is 16.5. The number of carbonyl (C=O) groups excluding carboxylic acids is 2. The molecule has 0 radical (unpaired) electrons. The number of hydrogen-bond donors (Lipinski definition) is 1. The second kappa shape index (κ2) is 9.87. The highest BCUT2D eigenvalue weighted by Crippen LogP contribution is 2.27. The van der Waals surface area contributed by atoms with Gasteiger partial charge in [0.1, 0.15) is 22.8 Å². The Hall–Kier alpha value is -4.32. The minimum Gasteiger partial charge on any atom is -0.496 e. The van der Waals surface area contributed by atoms with Crippen LogP contribution in [0.5, 0.6) is 17.2 Å². The highest BCUT2D eigenvalue weighted by Gasteiger charge is 2.22. The minimum atomic E-state index is -1.01. The van der Waals surface area contributed by atoms with Crippen molar-refractivity contribution in [1.82, 2.24) is 0 Å². The van der Waals surface area contributed by atoms with Gasteiger partial charge in [-0.3, -0.25) is 4.79 Å². The molecule has 0 heterocycles. The van der Waals surface area contributed by atoms with Gasteiger partial charge in [-0.2, -0.15) is 0 Å². The SMILES string of the molecule is COc1cc2ccccc2cc1C(=O)O[C@H](C)C(=O)Nc1ccc(Oc2ccccc2)cc1. The molecule has 0 aliphatic heterocycles. The first-order chi connectivity index (χ1) is 16.0. The van der Waals surface area contributed by atoms with Crippen LogP contribution in [0.25, 0.3) is 10.8 Å². The standard InChI is InChI=1S/C27H23NO5/c1-18(32-27(30)24-16-19-8-6-7-9-20(19)17-25(24)31-2)26(29)28-21-12-14-23(15-13-21)33-22-10-4-3-5-11-22/h3-18H,1-2H3,(H,28,29)/t18-/m1/s1. The van der Waals surface area contributed by atoms with Gasteiger partial charge in [-0.15, -0.1) is 0 Å². The number of amides is 1. The number of rotatable bonds is 7. The van der Waals surface area contributed by atoms with Crippen LogP contribution >= 0.6 is 0 Å².